The number of pyridine rings is 1. The van der Waals surface area contributed by atoms with E-state index in [0.29, 0.717) is 19.1 Å². The molecule has 1 saturated heterocycles. The van der Waals surface area contributed by atoms with Crippen LogP contribution >= 0.6 is 0 Å². The van der Waals surface area contributed by atoms with Crippen LogP contribution in [0, 0.1) is 6.92 Å². The number of nitrogens with zero attached hydrogens (tertiary/aromatic N) is 2. The van der Waals surface area contributed by atoms with Crippen LogP contribution in [0.25, 0.3) is 0 Å². The lowest BCUT2D eigenvalue weighted by Crippen LogP contribution is -2.40. The molecule has 20 heavy (non-hydrogen) atoms. The summed E-state index contributed by atoms with van der Waals surface area (Å²) in [7, 11) is -2.84. The van der Waals surface area contributed by atoms with Gasteiger partial charge in [0.2, 0.25) is 0 Å². The largest absolute Gasteiger partial charge is 0.355 e. The third kappa shape index (κ3) is 3.49. The van der Waals surface area contributed by atoms with E-state index in [2.05, 4.69) is 27.3 Å². The van der Waals surface area contributed by atoms with Crippen molar-refractivity contribution in [2.75, 3.05) is 29.5 Å². The summed E-state index contributed by atoms with van der Waals surface area (Å²) < 4.78 is 23.0. The van der Waals surface area contributed by atoms with E-state index in [9.17, 15) is 8.42 Å². The van der Waals surface area contributed by atoms with Crippen molar-refractivity contribution in [1.82, 2.24) is 10.3 Å². The first kappa shape index (κ1) is 13.8. The van der Waals surface area contributed by atoms with Gasteiger partial charge in [0.1, 0.15) is 5.82 Å². The monoisotopic (exact) mass is 295 g/mol. The molecule has 6 heteroatoms. The van der Waals surface area contributed by atoms with E-state index >= 15 is 0 Å². The van der Waals surface area contributed by atoms with Gasteiger partial charge in [-0.25, -0.2) is 13.4 Å². The number of nitrogens with one attached hydrogen (secondary N) is 1. The molecular weight excluding hydrogens is 274 g/mol. The van der Waals surface area contributed by atoms with Crippen LogP contribution in [-0.2, 0) is 16.4 Å². The highest BCUT2D eigenvalue weighted by Gasteiger charge is 2.23. The molecule has 1 N–H and O–H groups in total. The van der Waals surface area contributed by atoms with E-state index in [0.717, 1.165) is 18.1 Å². The predicted molar refractivity (Wildman–Crippen MR) is 79.7 cm³/mol. The zero-order chi connectivity index (χ0) is 14.2. The van der Waals surface area contributed by atoms with Crippen molar-refractivity contribution in [2.45, 2.75) is 32.4 Å². The Labute approximate surface area is 120 Å². The highest BCUT2D eigenvalue weighted by molar-refractivity contribution is 7.91. The van der Waals surface area contributed by atoms with Crippen LogP contribution in [0.5, 0.6) is 0 Å². The fourth-order valence-corrected chi connectivity index (χ4v) is 3.68. The molecule has 5 nitrogen and oxygen atoms in total. The van der Waals surface area contributed by atoms with Crippen molar-refractivity contribution >= 4 is 15.7 Å². The molecule has 2 fully saturated rings. The highest BCUT2D eigenvalue weighted by atomic mass is 32.2. The minimum Gasteiger partial charge on any atom is -0.355 e. The lowest BCUT2D eigenvalue weighted by molar-refractivity contribution is 0.586. The summed E-state index contributed by atoms with van der Waals surface area (Å²) in [5, 5.41) is 3.50. The molecular formula is C14H21N3O2S. The fourth-order valence-electron chi connectivity index (χ4n) is 2.48. The minimum absolute atomic E-state index is 0.234. The van der Waals surface area contributed by atoms with Crippen molar-refractivity contribution in [2.24, 2.45) is 0 Å². The molecule has 1 aromatic heterocycles. The number of aromatic nitrogens is 1. The van der Waals surface area contributed by atoms with Crippen molar-refractivity contribution in [3.05, 3.63) is 23.4 Å². The molecule has 1 saturated carbocycles. The fraction of sp³-hybridized carbons (Fsp3) is 0.643. The summed E-state index contributed by atoms with van der Waals surface area (Å²) >= 11 is 0. The summed E-state index contributed by atoms with van der Waals surface area (Å²) in [5.41, 5.74) is 2.22. The van der Waals surface area contributed by atoms with E-state index in [-0.39, 0.29) is 11.5 Å². The molecule has 2 heterocycles. The van der Waals surface area contributed by atoms with Crippen LogP contribution in [0.3, 0.4) is 0 Å². The van der Waals surface area contributed by atoms with Crippen molar-refractivity contribution < 1.29 is 8.42 Å². The smallest absolute Gasteiger partial charge is 0.153 e. The number of rotatable bonds is 4. The summed E-state index contributed by atoms with van der Waals surface area (Å²) in [5.74, 6) is 1.38. The standard InChI is InChI=1S/C14H21N3O2S/c1-11-8-12(10-15-13-2-3-13)9-14(16-11)17-4-6-20(18,19)7-5-17/h8-9,13,15H,2-7,10H2,1H3. The van der Waals surface area contributed by atoms with Crippen molar-refractivity contribution in [3.8, 4) is 0 Å². The van der Waals surface area contributed by atoms with E-state index in [1.54, 1.807) is 0 Å². The van der Waals surface area contributed by atoms with Gasteiger partial charge in [-0.05, 0) is 37.5 Å². The van der Waals surface area contributed by atoms with Gasteiger partial charge < -0.3 is 10.2 Å². The summed E-state index contributed by atoms with van der Waals surface area (Å²) in [6.45, 7) is 3.96. The van der Waals surface area contributed by atoms with Crippen LogP contribution in [0.4, 0.5) is 5.82 Å². The van der Waals surface area contributed by atoms with Crippen LogP contribution in [-0.4, -0.2) is 44.0 Å². The minimum atomic E-state index is -2.84. The molecule has 3 rings (SSSR count). The number of hydrogen-bond donors (Lipinski definition) is 1. The third-order valence-corrected chi connectivity index (χ3v) is 5.45. The van der Waals surface area contributed by atoms with Crippen LogP contribution in [0.1, 0.15) is 24.1 Å². The van der Waals surface area contributed by atoms with Gasteiger partial charge in [0, 0.05) is 31.4 Å². The lowest BCUT2D eigenvalue weighted by Gasteiger charge is -2.28. The summed E-state index contributed by atoms with van der Waals surface area (Å²) in [6, 6.07) is 4.87. The molecule has 0 unspecified atom stereocenters. The number of hydrogen-bond acceptors (Lipinski definition) is 5. The van der Waals surface area contributed by atoms with Crippen LogP contribution < -0.4 is 10.2 Å². The average Bonchev–Trinajstić information content (AvgIpc) is 3.19. The zero-order valence-electron chi connectivity index (χ0n) is 11.8. The maximum absolute atomic E-state index is 11.5. The van der Waals surface area contributed by atoms with Gasteiger partial charge in [-0.1, -0.05) is 0 Å². The van der Waals surface area contributed by atoms with Crippen LogP contribution in [0.2, 0.25) is 0 Å². The van der Waals surface area contributed by atoms with Gasteiger partial charge in [-0.2, -0.15) is 0 Å². The Balaban J connectivity index is 1.71. The molecule has 0 bridgehead atoms. The van der Waals surface area contributed by atoms with Gasteiger partial charge in [-0.3, -0.25) is 0 Å². The van der Waals surface area contributed by atoms with Crippen molar-refractivity contribution in [3.63, 3.8) is 0 Å². The number of sulfone groups is 1. The SMILES string of the molecule is Cc1cc(CNC2CC2)cc(N2CCS(=O)(=O)CC2)n1. The van der Waals surface area contributed by atoms with Gasteiger partial charge in [0.25, 0.3) is 0 Å². The van der Waals surface area contributed by atoms with E-state index in [4.69, 9.17) is 0 Å². The second-order valence-corrected chi connectivity index (χ2v) is 8.07. The molecule has 0 spiro atoms. The molecule has 110 valence electrons. The molecule has 1 aliphatic heterocycles. The second kappa shape index (κ2) is 5.33. The molecule has 0 atom stereocenters. The topological polar surface area (TPSA) is 62.3 Å². The number of anilines is 1. The Kier molecular flexibility index (Phi) is 3.69. The Morgan fingerprint density at radius 3 is 2.65 bits per heavy atom. The molecule has 0 radical (unpaired) electrons. The Hall–Kier alpha value is -1.14. The normalized spacial score (nSPS) is 21.9. The predicted octanol–water partition coefficient (Wildman–Crippen LogP) is 0.877. The Morgan fingerprint density at radius 1 is 1.30 bits per heavy atom. The lowest BCUT2D eigenvalue weighted by atomic mass is 10.2. The van der Waals surface area contributed by atoms with Gasteiger partial charge in [0.15, 0.2) is 9.84 Å². The molecule has 2 aliphatic rings. The summed E-state index contributed by atoms with van der Waals surface area (Å²) in [6.07, 6.45) is 2.56. The van der Waals surface area contributed by atoms with Crippen molar-refractivity contribution in [1.29, 1.82) is 0 Å². The Morgan fingerprint density at radius 2 is 2.00 bits per heavy atom. The van der Waals surface area contributed by atoms with E-state index in [1.165, 1.54) is 18.4 Å². The van der Waals surface area contributed by atoms with E-state index in [1.807, 2.05) is 6.92 Å². The Bertz CT molecular complexity index is 582. The summed E-state index contributed by atoms with van der Waals surface area (Å²) in [4.78, 5) is 6.63. The first-order valence-electron chi connectivity index (χ1n) is 7.18. The molecule has 1 aliphatic carbocycles. The highest BCUT2D eigenvalue weighted by Crippen LogP contribution is 2.21. The van der Waals surface area contributed by atoms with E-state index < -0.39 is 9.84 Å². The second-order valence-electron chi connectivity index (χ2n) is 5.77. The molecule has 1 aromatic rings. The van der Waals surface area contributed by atoms with Gasteiger partial charge >= 0.3 is 0 Å². The zero-order valence-corrected chi connectivity index (χ0v) is 12.6. The number of aryl methyl sites for hydroxylation is 1. The quantitative estimate of drug-likeness (QED) is 0.893. The van der Waals surface area contributed by atoms with Gasteiger partial charge in [0.05, 0.1) is 11.5 Å². The van der Waals surface area contributed by atoms with Crippen LogP contribution in [0.15, 0.2) is 12.1 Å². The molecule has 0 amide bonds. The third-order valence-electron chi connectivity index (χ3n) is 3.84. The average molecular weight is 295 g/mol. The maximum atomic E-state index is 11.5. The first-order chi connectivity index (χ1) is 9.52. The first-order valence-corrected chi connectivity index (χ1v) is 9.00. The van der Waals surface area contributed by atoms with Gasteiger partial charge in [-0.15, -0.1) is 0 Å². The molecule has 0 aromatic carbocycles. The maximum Gasteiger partial charge on any atom is 0.153 e.